The average Bonchev–Trinajstić information content (AvgIpc) is 3.12. The predicted octanol–water partition coefficient (Wildman–Crippen LogP) is 4.48. The zero-order valence-electron chi connectivity index (χ0n) is 18.0. The van der Waals surface area contributed by atoms with Gasteiger partial charge in [-0.05, 0) is 82.8 Å². The second-order valence-electron chi connectivity index (χ2n) is 7.58. The van der Waals surface area contributed by atoms with E-state index in [0.29, 0.717) is 22.0 Å². The molecule has 0 N–H and O–H groups in total. The van der Waals surface area contributed by atoms with Crippen LogP contribution in [0.3, 0.4) is 0 Å². The first kappa shape index (κ1) is 24.6. The SMILES string of the molecule is COc1ccc(S(=O)(=O)N(Cc2ccccc2Cl)C2CC(=O)N(c3ccc(I)cc3)C2=O)cc1. The first-order valence-electron chi connectivity index (χ1n) is 10.2. The van der Waals surface area contributed by atoms with Gasteiger partial charge >= 0.3 is 0 Å². The van der Waals surface area contributed by atoms with Gasteiger partial charge in [-0.2, -0.15) is 4.31 Å². The molecule has 0 radical (unpaired) electrons. The zero-order valence-corrected chi connectivity index (χ0v) is 21.7. The van der Waals surface area contributed by atoms with Crippen molar-refractivity contribution in [1.82, 2.24) is 4.31 Å². The first-order chi connectivity index (χ1) is 16.2. The summed E-state index contributed by atoms with van der Waals surface area (Å²) in [4.78, 5) is 27.4. The molecule has 1 heterocycles. The molecule has 4 rings (SSSR count). The number of ether oxygens (including phenoxy) is 1. The molecule has 1 saturated heterocycles. The number of imide groups is 1. The van der Waals surface area contributed by atoms with Crippen LogP contribution >= 0.6 is 34.2 Å². The second-order valence-corrected chi connectivity index (χ2v) is 11.1. The average molecular weight is 611 g/mol. The fraction of sp³-hybridized carbons (Fsp3) is 0.167. The van der Waals surface area contributed by atoms with Crippen molar-refractivity contribution in [2.45, 2.75) is 23.9 Å². The fourth-order valence-corrected chi connectivity index (χ4v) is 5.86. The van der Waals surface area contributed by atoms with Gasteiger partial charge in [0.1, 0.15) is 11.8 Å². The molecule has 176 valence electrons. The van der Waals surface area contributed by atoms with E-state index in [4.69, 9.17) is 16.3 Å². The van der Waals surface area contributed by atoms with Crippen LogP contribution in [0.1, 0.15) is 12.0 Å². The highest BCUT2D eigenvalue weighted by Gasteiger charge is 2.47. The molecule has 10 heteroatoms. The van der Waals surface area contributed by atoms with E-state index < -0.39 is 27.9 Å². The number of methoxy groups -OCH3 is 1. The molecule has 1 aliphatic heterocycles. The minimum atomic E-state index is -4.17. The largest absolute Gasteiger partial charge is 0.497 e. The topological polar surface area (TPSA) is 84.0 Å². The van der Waals surface area contributed by atoms with Crippen molar-refractivity contribution >= 4 is 61.7 Å². The van der Waals surface area contributed by atoms with E-state index in [1.807, 2.05) is 0 Å². The molecular weight excluding hydrogens is 591 g/mol. The summed E-state index contributed by atoms with van der Waals surface area (Å²) in [5.74, 6) is -0.575. The fourth-order valence-electron chi connectivity index (χ4n) is 3.74. The van der Waals surface area contributed by atoms with E-state index in [1.165, 1.54) is 31.4 Å². The molecule has 3 aromatic carbocycles. The van der Waals surface area contributed by atoms with E-state index in [0.717, 1.165) is 12.8 Å². The molecule has 34 heavy (non-hydrogen) atoms. The van der Waals surface area contributed by atoms with Gasteiger partial charge in [-0.3, -0.25) is 9.59 Å². The van der Waals surface area contributed by atoms with Gasteiger partial charge in [-0.25, -0.2) is 13.3 Å². The quantitative estimate of drug-likeness (QED) is 0.291. The smallest absolute Gasteiger partial charge is 0.252 e. The summed E-state index contributed by atoms with van der Waals surface area (Å²) in [7, 11) is -2.69. The van der Waals surface area contributed by atoms with Crippen LogP contribution in [0.2, 0.25) is 5.02 Å². The lowest BCUT2D eigenvalue weighted by Gasteiger charge is -2.27. The van der Waals surface area contributed by atoms with Gasteiger partial charge in [0, 0.05) is 15.1 Å². The molecule has 0 bridgehead atoms. The number of carbonyl (C=O) groups excluding carboxylic acids is 2. The van der Waals surface area contributed by atoms with Crippen molar-refractivity contribution < 1.29 is 22.7 Å². The standard InChI is InChI=1S/C24H20ClIN2O5S/c1-33-19-10-12-20(13-11-19)34(31,32)27(15-16-4-2-3-5-21(16)25)22-14-23(29)28(24(22)30)18-8-6-17(26)7-9-18/h2-13,22H,14-15H2,1H3. The highest BCUT2D eigenvalue weighted by Crippen LogP contribution is 2.32. The van der Waals surface area contributed by atoms with Crippen LogP contribution in [-0.4, -0.2) is 37.7 Å². The Labute approximate surface area is 216 Å². The third-order valence-corrected chi connectivity index (χ3v) is 8.46. The first-order valence-corrected chi connectivity index (χ1v) is 13.1. The Bertz CT molecular complexity index is 1330. The van der Waals surface area contributed by atoms with E-state index in [9.17, 15) is 18.0 Å². The number of carbonyl (C=O) groups is 2. The number of nitrogens with zero attached hydrogens (tertiary/aromatic N) is 2. The van der Waals surface area contributed by atoms with Crippen molar-refractivity contribution in [3.63, 3.8) is 0 Å². The molecule has 0 spiro atoms. The number of sulfonamides is 1. The Morgan fingerprint density at radius 3 is 2.29 bits per heavy atom. The molecule has 1 unspecified atom stereocenters. The number of halogens is 2. The molecular formula is C24H20ClIN2O5S. The van der Waals surface area contributed by atoms with Crippen LogP contribution in [-0.2, 0) is 26.2 Å². The number of amides is 2. The molecule has 1 fully saturated rings. The van der Waals surface area contributed by atoms with Crippen LogP contribution in [0.25, 0.3) is 0 Å². The van der Waals surface area contributed by atoms with Gasteiger partial charge in [0.25, 0.3) is 5.91 Å². The number of hydrogen-bond donors (Lipinski definition) is 0. The summed E-state index contributed by atoms with van der Waals surface area (Å²) in [6, 6.07) is 18.3. The summed E-state index contributed by atoms with van der Waals surface area (Å²) >= 11 is 8.44. The number of benzene rings is 3. The van der Waals surface area contributed by atoms with E-state index in [2.05, 4.69) is 22.6 Å². The number of hydrogen-bond acceptors (Lipinski definition) is 5. The predicted molar refractivity (Wildman–Crippen MR) is 137 cm³/mol. The lowest BCUT2D eigenvalue weighted by atomic mass is 10.2. The number of anilines is 1. The minimum Gasteiger partial charge on any atom is -0.497 e. The Morgan fingerprint density at radius 2 is 1.68 bits per heavy atom. The highest BCUT2D eigenvalue weighted by atomic mass is 127. The van der Waals surface area contributed by atoms with Crippen LogP contribution in [0.5, 0.6) is 5.75 Å². The summed E-state index contributed by atoms with van der Waals surface area (Å²) in [6.45, 7) is -0.168. The van der Waals surface area contributed by atoms with E-state index in [1.54, 1.807) is 48.5 Å². The van der Waals surface area contributed by atoms with Crippen molar-refractivity contribution in [2.75, 3.05) is 12.0 Å². The van der Waals surface area contributed by atoms with Crippen LogP contribution in [0.4, 0.5) is 5.69 Å². The van der Waals surface area contributed by atoms with Gasteiger partial charge in [0.15, 0.2) is 0 Å². The number of rotatable bonds is 7. The van der Waals surface area contributed by atoms with Gasteiger partial charge in [-0.1, -0.05) is 29.8 Å². The lowest BCUT2D eigenvalue weighted by molar-refractivity contribution is -0.122. The maximum atomic E-state index is 13.7. The van der Waals surface area contributed by atoms with Crippen molar-refractivity contribution in [3.8, 4) is 5.75 Å². The van der Waals surface area contributed by atoms with E-state index >= 15 is 0 Å². The summed E-state index contributed by atoms with van der Waals surface area (Å²) in [6.07, 6.45) is -0.273. The molecule has 0 aliphatic carbocycles. The van der Waals surface area contributed by atoms with Crippen molar-refractivity contribution in [1.29, 1.82) is 0 Å². The molecule has 3 aromatic rings. The lowest BCUT2D eigenvalue weighted by Crippen LogP contribution is -2.45. The Kier molecular flexibility index (Phi) is 7.27. The maximum absolute atomic E-state index is 13.7. The molecule has 0 saturated carbocycles. The molecule has 0 aromatic heterocycles. The zero-order chi connectivity index (χ0) is 24.5. The van der Waals surface area contributed by atoms with Crippen LogP contribution in [0, 0.1) is 3.57 Å². The third-order valence-electron chi connectivity index (χ3n) is 5.51. The van der Waals surface area contributed by atoms with Crippen molar-refractivity contribution in [3.05, 3.63) is 87.0 Å². The second kappa shape index (κ2) is 10.0. The van der Waals surface area contributed by atoms with Gasteiger partial charge in [0.05, 0.1) is 24.1 Å². The summed E-state index contributed by atoms with van der Waals surface area (Å²) in [5, 5.41) is 0.365. The Hall–Kier alpha value is -2.47. The molecule has 7 nitrogen and oxygen atoms in total. The van der Waals surface area contributed by atoms with Gasteiger partial charge < -0.3 is 4.74 Å². The molecule has 1 atom stereocenters. The van der Waals surface area contributed by atoms with Crippen LogP contribution < -0.4 is 9.64 Å². The normalized spacial score (nSPS) is 16.4. The highest BCUT2D eigenvalue weighted by molar-refractivity contribution is 14.1. The summed E-state index contributed by atoms with van der Waals surface area (Å²) in [5.41, 5.74) is 0.923. The van der Waals surface area contributed by atoms with Crippen LogP contribution in [0.15, 0.2) is 77.7 Å². The van der Waals surface area contributed by atoms with E-state index in [-0.39, 0.29) is 17.9 Å². The summed E-state index contributed by atoms with van der Waals surface area (Å²) < 4.78 is 34.6. The Balaban J connectivity index is 1.76. The molecule has 1 aliphatic rings. The Morgan fingerprint density at radius 1 is 1.03 bits per heavy atom. The van der Waals surface area contributed by atoms with Gasteiger partial charge in [0.2, 0.25) is 15.9 Å². The van der Waals surface area contributed by atoms with Gasteiger partial charge in [-0.15, -0.1) is 0 Å². The monoisotopic (exact) mass is 610 g/mol. The minimum absolute atomic E-state index is 0.0201. The van der Waals surface area contributed by atoms with Crippen molar-refractivity contribution in [2.24, 2.45) is 0 Å². The third kappa shape index (κ3) is 4.83. The molecule has 2 amide bonds. The maximum Gasteiger partial charge on any atom is 0.252 e.